The minimum absolute atomic E-state index is 0.250. The number of hydrogen-bond acceptors (Lipinski definition) is 3. The van der Waals surface area contributed by atoms with Gasteiger partial charge in [0, 0.05) is 36.6 Å². The van der Waals surface area contributed by atoms with Crippen LogP contribution in [0, 0.1) is 13.8 Å². The van der Waals surface area contributed by atoms with Crippen LogP contribution in [0.4, 0.5) is 13.2 Å². The monoisotopic (exact) mass is 357 g/mol. The van der Waals surface area contributed by atoms with Crippen LogP contribution in [0.5, 0.6) is 0 Å². The van der Waals surface area contributed by atoms with Crippen molar-refractivity contribution in [1.29, 1.82) is 0 Å². The van der Waals surface area contributed by atoms with E-state index in [1.165, 1.54) is 6.92 Å². The second-order valence-electron chi connectivity index (χ2n) is 6.21. The van der Waals surface area contributed by atoms with Crippen molar-refractivity contribution in [3.8, 4) is 0 Å². The Balaban J connectivity index is 1.91. The van der Waals surface area contributed by atoms with Crippen molar-refractivity contribution in [2.45, 2.75) is 52.9 Å². The third kappa shape index (κ3) is 4.61. The summed E-state index contributed by atoms with van der Waals surface area (Å²) in [4.78, 5) is 16.3. The van der Waals surface area contributed by atoms with Gasteiger partial charge in [0.2, 0.25) is 5.91 Å². The number of rotatable bonds is 6. The molecule has 2 aromatic rings. The Kier molecular flexibility index (Phi) is 5.54. The first-order valence-corrected chi connectivity index (χ1v) is 8.00. The molecule has 0 spiro atoms. The number of aryl methyl sites for hydroxylation is 2. The fourth-order valence-corrected chi connectivity index (χ4v) is 2.70. The Labute approximate surface area is 144 Å². The van der Waals surface area contributed by atoms with Crippen LogP contribution in [0.15, 0.2) is 12.3 Å². The lowest BCUT2D eigenvalue weighted by Gasteiger charge is -2.14. The van der Waals surface area contributed by atoms with Crippen LogP contribution in [0.3, 0.4) is 0 Å². The zero-order valence-electron chi connectivity index (χ0n) is 14.7. The molecule has 0 saturated carbocycles. The molecule has 1 amide bonds. The molecule has 0 saturated heterocycles. The maximum atomic E-state index is 12.6. The average Bonchev–Trinajstić information content (AvgIpc) is 3.02. The molecule has 0 radical (unpaired) electrons. The van der Waals surface area contributed by atoms with Crippen molar-refractivity contribution in [2.24, 2.45) is 0 Å². The molecule has 2 rings (SSSR count). The summed E-state index contributed by atoms with van der Waals surface area (Å²) in [7, 11) is 0. The predicted octanol–water partition coefficient (Wildman–Crippen LogP) is 2.66. The maximum absolute atomic E-state index is 12.6. The van der Waals surface area contributed by atoms with Gasteiger partial charge in [0.25, 0.3) is 0 Å². The number of nitrogens with zero attached hydrogens (tertiary/aromatic N) is 4. The fourth-order valence-electron chi connectivity index (χ4n) is 2.70. The van der Waals surface area contributed by atoms with E-state index in [0.29, 0.717) is 13.0 Å². The van der Waals surface area contributed by atoms with Gasteiger partial charge in [0.05, 0.1) is 0 Å². The Morgan fingerprint density at radius 2 is 1.96 bits per heavy atom. The highest BCUT2D eigenvalue weighted by Crippen LogP contribution is 2.28. The van der Waals surface area contributed by atoms with Crippen molar-refractivity contribution in [2.75, 3.05) is 6.54 Å². The van der Waals surface area contributed by atoms with Gasteiger partial charge < -0.3 is 9.88 Å². The molecule has 0 aliphatic heterocycles. The van der Waals surface area contributed by atoms with Crippen molar-refractivity contribution in [3.63, 3.8) is 0 Å². The van der Waals surface area contributed by atoms with E-state index in [4.69, 9.17) is 0 Å². The van der Waals surface area contributed by atoms with Gasteiger partial charge in [-0.3, -0.25) is 9.48 Å². The van der Waals surface area contributed by atoms with Gasteiger partial charge >= 0.3 is 6.18 Å². The number of hydrogen-bond donors (Lipinski definition) is 1. The van der Waals surface area contributed by atoms with Crippen molar-refractivity contribution in [3.05, 3.63) is 35.2 Å². The van der Waals surface area contributed by atoms with Crippen LogP contribution in [-0.4, -0.2) is 31.8 Å². The van der Waals surface area contributed by atoms with E-state index in [1.54, 1.807) is 6.20 Å². The summed E-state index contributed by atoms with van der Waals surface area (Å²) in [5.74, 6) is 0.474. The highest BCUT2D eigenvalue weighted by molar-refractivity contribution is 5.75. The summed E-state index contributed by atoms with van der Waals surface area (Å²) in [5, 5.41) is 6.14. The lowest BCUT2D eigenvalue weighted by Crippen LogP contribution is -2.30. The standard InChI is InChI=1S/C16H22F3N5O/c1-10(2)24-12(4)8-21-14(24)5-6-20-15(25)9-23-11(3)7-13(22-23)16(17,18)19/h7-8,10H,5-6,9H2,1-4H3,(H,20,25). The van der Waals surface area contributed by atoms with Crippen molar-refractivity contribution in [1.82, 2.24) is 24.6 Å². The smallest absolute Gasteiger partial charge is 0.354 e. The molecule has 1 N–H and O–H groups in total. The molecule has 9 heteroatoms. The number of carbonyl (C=O) groups is 1. The number of carbonyl (C=O) groups excluding carboxylic acids is 1. The first-order valence-electron chi connectivity index (χ1n) is 8.00. The largest absolute Gasteiger partial charge is 0.435 e. The number of halogens is 3. The molecule has 0 unspecified atom stereocenters. The quantitative estimate of drug-likeness (QED) is 0.864. The normalized spacial score (nSPS) is 12.0. The van der Waals surface area contributed by atoms with E-state index in [1.807, 2.05) is 6.92 Å². The zero-order valence-corrected chi connectivity index (χ0v) is 14.7. The molecule has 138 valence electrons. The number of aromatic nitrogens is 4. The molecule has 0 bridgehead atoms. The molecule has 0 aromatic carbocycles. The van der Waals surface area contributed by atoms with Gasteiger partial charge in [-0.2, -0.15) is 18.3 Å². The highest BCUT2D eigenvalue weighted by Gasteiger charge is 2.34. The van der Waals surface area contributed by atoms with Crippen LogP contribution in [0.25, 0.3) is 0 Å². The van der Waals surface area contributed by atoms with Crippen LogP contribution in [0.1, 0.15) is 42.8 Å². The molecular formula is C16H22F3N5O. The van der Waals surface area contributed by atoms with Crippen LogP contribution in [-0.2, 0) is 23.9 Å². The minimum Gasteiger partial charge on any atom is -0.354 e. The number of alkyl halides is 3. The molecule has 0 aliphatic rings. The summed E-state index contributed by atoms with van der Waals surface area (Å²) in [6.45, 7) is 7.66. The number of amides is 1. The summed E-state index contributed by atoms with van der Waals surface area (Å²) in [5.41, 5.74) is 0.337. The average molecular weight is 357 g/mol. The fraction of sp³-hybridized carbons (Fsp3) is 0.562. The maximum Gasteiger partial charge on any atom is 0.435 e. The molecule has 25 heavy (non-hydrogen) atoms. The minimum atomic E-state index is -4.52. The number of nitrogens with one attached hydrogen (secondary N) is 1. The van der Waals surface area contributed by atoms with Crippen LogP contribution in [0.2, 0.25) is 0 Å². The molecule has 0 fully saturated rings. The lowest BCUT2D eigenvalue weighted by molar-refractivity contribution is -0.141. The van der Waals surface area contributed by atoms with E-state index in [0.717, 1.165) is 22.3 Å². The Bertz CT molecular complexity index is 746. The van der Waals surface area contributed by atoms with Crippen LogP contribution < -0.4 is 5.32 Å². The second kappa shape index (κ2) is 7.28. The lowest BCUT2D eigenvalue weighted by atomic mass is 10.3. The summed E-state index contributed by atoms with van der Waals surface area (Å²) in [6.07, 6.45) is -2.19. The predicted molar refractivity (Wildman–Crippen MR) is 86.0 cm³/mol. The Morgan fingerprint density at radius 3 is 2.52 bits per heavy atom. The van der Waals surface area contributed by atoms with Gasteiger partial charge in [0.15, 0.2) is 5.69 Å². The molecule has 0 aliphatic carbocycles. The molecular weight excluding hydrogens is 335 g/mol. The topological polar surface area (TPSA) is 64.7 Å². The van der Waals surface area contributed by atoms with Crippen molar-refractivity contribution < 1.29 is 18.0 Å². The van der Waals surface area contributed by atoms with E-state index >= 15 is 0 Å². The molecule has 2 heterocycles. The molecule has 6 nitrogen and oxygen atoms in total. The first-order chi connectivity index (χ1) is 11.6. The Hall–Kier alpha value is -2.32. The summed E-state index contributed by atoms with van der Waals surface area (Å²) < 4.78 is 41.0. The van der Waals surface area contributed by atoms with Gasteiger partial charge in [-0.25, -0.2) is 4.98 Å². The SMILES string of the molecule is Cc1cc(C(F)(F)F)nn1CC(=O)NCCc1ncc(C)n1C(C)C. The third-order valence-corrected chi connectivity index (χ3v) is 3.81. The highest BCUT2D eigenvalue weighted by atomic mass is 19.4. The number of imidazole rings is 1. The van der Waals surface area contributed by atoms with E-state index < -0.39 is 11.9 Å². The van der Waals surface area contributed by atoms with Crippen molar-refractivity contribution >= 4 is 5.91 Å². The summed E-state index contributed by atoms with van der Waals surface area (Å²) in [6, 6.07) is 1.19. The van der Waals surface area contributed by atoms with Gasteiger partial charge in [-0.1, -0.05) is 0 Å². The van der Waals surface area contributed by atoms with Gasteiger partial charge in [0.1, 0.15) is 12.4 Å². The third-order valence-electron chi connectivity index (χ3n) is 3.81. The Morgan fingerprint density at radius 1 is 1.28 bits per heavy atom. The second-order valence-corrected chi connectivity index (χ2v) is 6.21. The van der Waals surface area contributed by atoms with E-state index in [-0.39, 0.29) is 24.2 Å². The summed E-state index contributed by atoms with van der Waals surface area (Å²) >= 11 is 0. The van der Waals surface area contributed by atoms with Gasteiger partial charge in [-0.05, 0) is 33.8 Å². The zero-order chi connectivity index (χ0) is 18.8. The first kappa shape index (κ1) is 19.0. The van der Waals surface area contributed by atoms with Gasteiger partial charge in [-0.15, -0.1) is 0 Å². The molecule has 0 atom stereocenters. The molecule has 2 aromatic heterocycles. The van der Waals surface area contributed by atoms with E-state index in [9.17, 15) is 18.0 Å². The van der Waals surface area contributed by atoms with Crippen LogP contribution >= 0.6 is 0 Å². The van der Waals surface area contributed by atoms with E-state index in [2.05, 4.69) is 33.8 Å².